The monoisotopic (exact) mass is 511 g/mol. The molecule has 0 unspecified atom stereocenters. The number of aliphatic imine (C=N–C) groups is 1. The molecule has 0 amide bonds. The third kappa shape index (κ3) is 21.8. The van der Waals surface area contributed by atoms with E-state index in [9.17, 15) is 14.4 Å². The number of carbonyl (C=O) groups is 3. The lowest BCUT2D eigenvalue weighted by molar-refractivity contribution is -0.139. The van der Waals surface area contributed by atoms with Crippen LogP contribution in [0.4, 0.5) is 0 Å². The third-order valence-corrected chi connectivity index (χ3v) is 3.79. The Morgan fingerprint density at radius 1 is 1.03 bits per heavy atom. The quantitative estimate of drug-likeness (QED) is 0.139. The second kappa shape index (κ2) is 20.3. The largest absolute Gasteiger partial charge is 0.480 e. The minimum absolute atomic E-state index is 0.0129. The van der Waals surface area contributed by atoms with Crippen LogP contribution in [0.3, 0.4) is 0 Å². The van der Waals surface area contributed by atoms with E-state index in [1.807, 2.05) is 20.8 Å². The van der Waals surface area contributed by atoms with Crippen LogP contribution in [0.2, 0.25) is 0 Å². The molecule has 0 aliphatic rings. The molecule has 0 fully saturated rings. The minimum atomic E-state index is -1.00. The summed E-state index contributed by atoms with van der Waals surface area (Å²) in [5.74, 6) is -1.63. The van der Waals surface area contributed by atoms with Crippen molar-refractivity contribution in [1.82, 2.24) is 9.97 Å². The van der Waals surface area contributed by atoms with Crippen molar-refractivity contribution in [1.29, 1.82) is 0 Å². The lowest BCUT2D eigenvalue weighted by Crippen LogP contribution is -2.31. The second-order valence-corrected chi connectivity index (χ2v) is 7.63. The third-order valence-electron chi connectivity index (χ3n) is 3.79. The summed E-state index contributed by atoms with van der Waals surface area (Å²) < 4.78 is 4.72. The van der Waals surface area contributed by atoms with E-state index < -0.39 is 30.0 Å². The molecule has 36 heavy (non-hydrogen) atoms. The average Bonchev–Trinajstić information content (AvgIpc) is 3.28. The molecule has 14 nitrogen and oxygen atoms in total. The molecule has 0 bridgehead atoms. The van der Waals surface area contributed by atoms with Gasteiger partial charge in [-0.05, 0) is 44.2 Å². The van der Waals surface area contributed by atoms with Gasteiger partial charge in [0.05, 0.1) is 11.8 Å². The molecule has 2 aromatic rings. The highest BCUT2D eigenvalue weighted by atomic mass is 16.4. The highest BCUT2D eigenvalue weighted by Gasteiger charge is 2.12. The molecule has 0 aromatic carbocycles. The molecule has 11 N–H and O–H groups in total. The predicted octanol–water partition coefficient (Wildman–Crippen LogP) is 0.659. The van der Waals surface area contributed by atoms with E-state index in [0.717, 1.165) is 5.76 Å². The number of aromatic carboxylic acids is 1. The number of rotatable bonds is 9. The molecule has 0 saturated heterocycles. The van der Waals surface area contributed by atoms with E-state index in [-0.39, 0.29) is 11.5 Å². The Morgan fingerprint density at radius 3 is 1.92 bits per heavy atom. The van der Waals surface area contributed by atoms with Gasteiger partial charge in [-0.1, -0.05) is 13.8 Å². The summed E-state index contributed by atoms with van der Waals surface area (Å²) in [6, 6.07) is 1.57. The maximum Gasteiger partial charge on any atom is 0.337 e. The van der Waals surface area contributed by atoms with E-state index in [4.69, 9.17) is 42.7 Å². The molecular formula is C22H37N7O7. The lowest BCUT2D eigenvalue weighted by Gasteiger charge is -2.07. The maximum absolute atomic E-state index is 10.2. The average molecular weight is 512 g/mol. The summed E-state index contributed by atoms with van der Waals surface area (Å²) in [6.07, 6.45) is 7.43. The Kier molecular flexibility index (Phi) is 19.3. The first-order valence-electron chi connectivity index (χ1n) is 10.8. The zero-order valence-corrected chi connectivity index (χ0v) is 20.7. The smallest absolute Gasteiger partial charge is 0.337 e. The van der Waals surface area contributed by atoms with Crippen molar-refractivity contribution in [3.8, 4) is 0 Å². The van der Waals surface area contributed by atoms with E-state index in [1.165, 1.54) is 24.9 Å². The van der Waals surface area contributed by atoms with Crippen molar-refractivity contribution in [2.75, 3.05) is 6.54 Å². The zero-order chi connectivity index (χ0) is 28.1. The van der Waals surface area contributed by atoms with Gasteiger partial charge in [-0.15, -0.1) is 0 Å². The van der Waals surface area contributed by atoms with Gasteiger partial charge in [-0.25, -0.2) is 9.78 Å². The topological polar surface area (TPSA) is 267 Å². The van der Waals surface area contributed by atoms with Crippen molar-refractivity contribution in [2.45, 2.75) is 52.1 Å². The number of nitrogens with zero attached hydrogens (tertiary/aromatic N) is 3. The summed E-state index contributed by atoms with van der Waals surface area (Å²) >= 11 is 0. The molecule has 0 spiro atoms. The molecule has 0 aliphatic carbocycles. The van der Waals surface area contributed by atoms with Crippen molar-refractivity contribution >= 4 is 23.9 Å². The Morgan fingerprint density at radius 2 is 1.64 bits per heavy atom. The van der Waals surface area contributed by atoms with Gasteiger partial charge in [0.15, 0.2) is 12.4 Å². The van der Waals surface area contributed by atoms with Gasteiger partial charge in [0.25, 0.3) is 0 Å². The number of guanidine groups is 1. The van der Waals surface area contributed by atoms with Crippen LogP contribution in [0.1, 0.15) is 49.2 Å². The number of nitrogens with two attached hydrogens (primary N) is 4. The van der Waals surface area contributed by atoms with E-state index in [2.05, 4.69) is 15.0 Å². The fraction of sp³-hybridized carbons (Fsp3) is 0.455. The number of carboxylic acids is 3. The van der Waals surface area contributed by atoms with Crippen LogP contribution in [-0.4, -0.2) is 67.8 Å². The van der Waals surface area contributed by atoms with Crippen molar-refractivity contribution in [3.63, 3.8) is 0 Å². The van der Waals surface area contributed by atoms with Crippen LogP contribution in [0.15, 0.2) is 46.5 Å². The lowest BCUT2D eigenvalue weighted by atomic mass is 10.1. The molecule has 0 aliphatic heterocycles. The Hall–Kier alpha value is -4.04. The van der Waals surface area contributed by atoms with Crippen molar-refractivity contribution < 1.29 is 34.1 Å². The van der Waals surface area contributed by atoms with Gasteiger partial charge in [-0.2, -0.15) is 0 Å². The highest BCUT2D eigenvalue weighted by molar-refractivity contribution is 5.86. The summed E-state index contributed by atoms with van der Waals surface area (Å²) in [5, 5.41) is 25.0. The van der Waals surface area contributed by atoms with Crippen molar-refractivity contribution in [3.05, 3.63) is 48.4 Å². The van der Waals surface area contributed by atoms with Crippen LogP contribution in [0.5, 0.6) is 0 Å². The van der Waals surface area contributed by atoms with Crippen LogP contribution in [0, 0.1) is 12.8 Å². The van der Waals surface area contributed by atoms with Crippen LogP contribution < -0.4 is 22.9 Å². The molecule has 2 atom stereocenters. The first-order chi connectivity index (χ1) is 16.8. The first-order valence-corrected chi connectivity index (χ1v) is 10.8. The van der Waals surface area contributed by atoms with Crippen LogP contribution in [0.25, 0.3) is 0 Å². The van der Waals surface area contributed by atoms with Crippen molar-refractivity contribution in [2.24, 2.45) is 33.8 Å². The molecule has 0 saturated carbocycles. The summed E-state index contributed by atoms with van der Waals surface area (Å²) in [7, 11) is 0. The number of aliphatic carboxylic acids is 2. The van der Waals surface area contributed by atoms with Gasteiger partial charge in [0.1, 0.15) is 17.8 Å². The molecule has 0 radical (unpaired) electrons. The number of hydrogen-bond donors (Lipinski definition) is 7. The van der Waals surface area contributed by atoms with Crippen LogP contribution >= 0.6 is 0 Å². The van der Waals surface area contributed by atoms with E-state index >= 15 is 0 Å². The Bertz CT molecular complexity index is 887. The number of carboxylic acid groups (broad SMARTS) is 3. The number of hydrogen-bond acceptors (Lipinski definition) is 9. The van der Waals surface area contributed by atoms with Gasteiger partial charge in [-0.3, -0.25) is 19.6 Å². The fourth-order valence-electron chi connectivity index (χ4n) is 2.02. The van der Waals surface area contributed by atoms with Gasteiger partial charge in [0.2, 0.25) is 0 Å². The molecule has 2 rings (SSSR count). The predicted molar refractivity (Wildman–Crippen MR) is 133 cm³/mol. The fourth-order valence-corrected chi connectivity index (χ4v) is 2.02. The molecular weight excluding hydrogens is 474 g/mol. The number of aromatic nitrogens is 2. The Labute approximate surface area is 209 Å². The number of oxazole rings is 1. The van der Waals surface area contributed by atoms with E-state index in [0.29, 0.717) is 31.7 Å². The second-order valence-electron chi connectivity index (χ2n) is 7.63. The molecule has 14 heteroatoms. The number of aryl methyl sites for hydroxylation is 1. The Balaban J connectivity index is 0. The van der Waals surface area contributed by atoms with Crippen LogP contribution in [-0.2, 0) is 9.59 Å². The maximum atomic E-state index is 10.2. The van der Waals surface area contributed by atoms with Gasteiger partial charge >= 0.3 is 17.9 Å². The van der Waals surface area contributed by atoms with Gasteiger partial charge < -0.3 is 42.7 Å². The molecule has 2 heterocycles. The summed E-state index contributed by atoms with van der Waals surface area (Å²) in [4.78, 5) is 41.4. The summed E-state index contributed by atoms with van der Waals surface area (Å²) in [5.41, 5.74) is 20.8. The van der Waals surface area contributed by atoms with Gasteiger partial charge in [0, 0.05) is 18.9 Å². The SMILES string of the molecule is CC(C)C[C@H](N)C(=O)O.Cc1cnco1.NC(N)=NCCC[C@H](N)C(=O)O.O=C(O)c1cccnc1. The highest BCUT2D eigenvalue weighted by Crippen LogP contribution is 2.01. The molecule has 202 valence electrons. The van der Waals surface area contributed by atoms with E-state index in [1.54, 1.807) is 12.3 Å². The zero-order valence-electron chi connectivity index (χ0n) is 20.7. The minimum Gasteiger partial charge on any atom is -0.480 e. The number of pyridine rings is 1. The standard InChI is InChI=1S/C6H14N4O2.C6H5NO2.C6H13NO2.C4H5NO/c7-4(5(11)12)2-1-3-10-6(8)9;8-6(9)5-2-1-3-7-4-5;1-4(2)3-5(7)6(8)9;1-4-2-5-3-6-4/h4H,1-3,7H2,(H,11,12)(H4,8,9,10);1-4H,(H,8,9);4-5H,3,7H2,1-2H3,(H,8,9);2-3H,1H3/t4-;;5-;/m0.0./s1. The summed E-state index contributed by atoms with van der Waals surface area (Å²) in [6.45, 7) is 6.17. The normalized spacial score (nSPS) is 11.2. The molecule has 2 aromatic heterocycles. The first kappa shape index (κ1) is 34.1.